The van der Waals surface area contributed by atoms with Gasteiger partial charge in [-0.2, -0.15) is 0 Å². The molecule has 0 amide bonds. The molecule has 14 heavy (non-hydrogen) atoms. The van der Waals surface area contributed by atoms with Crippen LogP contribution in [0.3, 0.4) is 0 Å². The molecule has 3 heteroatoms. The molecule has 0 unspecified atom stereocenters. The summed E-state index contributed by atoms with van der Waals surface area (Å²) in [7, 11) is 0. The van der Waals surface area contributed by atoms with Gasteiger partial charge in [-0.3, -0.25) is 9.59 Å². The average molecular weight is 200 g/mol. The van der Waals surface area contributed by atoms with Crippen LogP contribution in [0.4, 0.5) is 0 Å². The van der Waals surface area contributed by atoms with E-state index in [-0.39, 0.29) is 47.5 Å². The van der Waals surface area contributed by atoms with E-state index in [2.05, 4.69) is 0 Å². The Balaban J connectivity index is 0.00000169. The molecule has 0 saturated carbocycles. The van der Waals surface area contributed by atoms with Gasteiger partial charge >= 0.3 is 29.6 Å². The molecule has 0 atom stereocenters. The predicted molar refractivity (Wildman–Crippen MR) is 57.6 cm³/mol. The summed E-state index contributed by atoms with van der Waals surface area (Å²) >= 11 is 0. The number of carbonyl (C=O) groups excluding carboxylic acids is 2. The molecule has 1 rings (SSSR count). The van der Waals surface area contributed by atoms with Gasteiger partial charge in [-0.15, -0.1) is 0 Å². The van der Waals surface area contributed by atoms with Crippen LogP contribution in [0.1, 0.15) is 18.9 Å². The molecule has 0 bridgehead atoms. The maximum absolute atomic E-state index is 11.2. The van der Waals surface area contributed by atoms with Crippen molar-refractivity contribution in [3.05, 3.63) is 35.9 Å². The first-order valence-electron chi connectivity index (χ1n) is 4.23. The molecule has 0 aliphatic heterocycles. The van der Waals surface area contributed by atoms with E-state index in [4.69, 9.17) is 0 Å². The van der Waals surface area contributed by atoms with Gasteiger partial charge < -0.3 is 0 Å². The van der Waals surface area contributed by atoms with Gasteiger partial charge in [0.05, 0.1) is 6.42 Å². The van der Waals surface area contributed by atoms with Crippen molar-refractivity contribution in [2.75, 3.05) is 0 Å². The molecule has 0 fully saturated rings. The second-order valence-electron chi connectivity index (χ2n) is 3.08. The third kappa shape index (κ3) is 5.32. The molecule has 0 aromatic heterocycles. The quantitative estimate of drug-likeness (QED) is 0.539. The van der Waals surface area contributed by atoms with Crippen molar-refractivity contribution in [2.24, 2.45) is 0 Å². The van der Waals surface area contributed by atoms with Gasteiger partial charge in [-0.25, -0.2) is 0 Å². The van der Waals surface area contributed by atoms with Crippen molar-refractivity contribution in [2.45, 2.75) is 19.8 Å². The van der Waals surface area contributed by atoms with E-state index in [0.29, 0.717) is 6.42 Å². The zero-order valence-corrected chi connectivity index (χ0v) is 7.62. The summed E-state index contributed by atoms with van der Waals surface area (Å²) < 4.78 is 0. The second kappa shape index (κ2) is 6.93. The normalized spacial score (nSPS) is 8.93. The summed E-state index contributed by atoms with van der Waals surface area (Å²) in [5.74, 6) is -0.0837. The number of benzene rings is 1. The Hall–Kier alpha value is -0.440. The fourth-order valence-electron chi connectivity index (χ4n) is 1.16. The van der Waals surface area contributed by atoms with Crippen molar-refractivity contribution >= 4 is 41.1 Å². The van der Waals surface area contributed by atoms with Crippen LogP contribution in [0.2, 0.25) is 0 Å². The van der Waals surface area contributed by atoms with E-state index in [1.807, 2.05) is 30.3 Å². The number of rotatable bonds is 4. The number of hydrogen-bond acceptors (Lipinski definition) is 2. The average Bonchev–Trinajstić information content (AvgIpc) is 2.04. The Kier molecular flexibility index (Phi) is 6.71. The fourth-order valence-corrected chi connectivity index (χ4v) is 1.16. The molecule has 1 aromatic carbocycles. The van der Waals surface area contributed by atoms with Gasteiger partial charge in [0, 0.05) is 6.42 Å². The van der Waals surface area contributed by atoms with Gasteiger partial charge in [-0.1, -0.05) is 30.3 Å². The molecular weight excluding hydrogens is 187 g/mol. The van der Waals surface area contributed by atoms with Crippen LogP contribution in [-0.4, -0.2) is 41.1 Å². The van der Waals surface area contributed by atoms with Gasteiger partial charge in [0.1, 0.15) is 11.6 Å². The molecule has 0 aliphatic rings. The monoisotopic (exact) mass is 200 g/mol. The van der Waals surface area contributed by atoms with E-state index in [0.717, 1.165) is 5.56 Å². The Bertz CT molecular complexity index is 306. The van der Waals surface area contributed by atoms with E-state index in [1.165, 1.54) is 6.92 Å². The molecule has 0 N–H and O–H groups in total. The fraction of sp³-hybridized carbons (Fsp3) is 0.273. The van der Waals surface area contributed by atoms with E-state index in [1.54, 1.807) is 0 Å². The number of carbonyl (C=O) groups is 2. The third-order valence-corrected chi connectivity index (χ3v) is 1.69. The van der Waals surface area contributed by atoms with Crippen molar-refractivity contribution in [3.8, 4) is 0 Å². The van der Waals surface area contributed by atoms with Crippen molar-refractivity contribution in [1.82, 2.24) is 0 Å². The molecule has 1 aromatic rings. The Morgan fingerprint density at radius 1 is 1.14 bits per heavy atom. The third-order valence-electron chi connectivity index (χ3n) is 1.69. The molecule has 0 saturated heterocycles. The maximum atomic E-state index is 11.2. The van der Waals surface area contributed by atoms with Gasteiger partial charge in [0.2, 0.25) is 0 Å². The van der Waals surface area contributed by atoms with E-state index in [9.17, 15) is 9.59 Å². The van der Waals surface area contributed by atoms with E-state index >= 15 is 0 Å². The first-order chi connectivity index (χ1) is 6.18. The first kappa shape index (κ1) is 13.6. The Morgan fingerprint density at radius 2 is 1.71 bits per heavy atom. The summed E-state index contributed by atoms with van der Waals surface area (Å²) in [5.41, 5.74) is 0.966. The van der Waals surface area contributed by atoms with Crippen molar-refractivity contribution in [3.63, 3.8) is 0 Å². The van der Waals surface area contributed by atoms with E-state index < -0.39 is 0 Å². The van der Waals surface area contributed by atoms with Gasteiger partial charge in [0.15, 0.2) is 0 Å². The minimum absolute atomic E-state index is 0. The SMILES string of the molecule is CC(=O)CC(=O)Cc1ccccc1.[NaH]. The summed E-state index contributed by atoms with van der Waals surface area (Å²) in [6.45, 7) is 1.43. The predicted octanol–water partition coefficient (Wildman–Crippen LogP) is 1.13. The molecule has 0 spiro atoms. The Labute approximate surface area is 106 Å². The summed E-state index contributed by atoms with van der Waals surface area (Å²) in [6.07, 6.45) is 0.412. The number of hydrogen-bond donors (Lipinski definition) is 0. The molecular formula is C11H13NaO2. The number of ketones is 2. The van der Waals surface area contributed by atoms with Crippen molar-refractivity contribution < 1.29 is 9.59 Å². The standard InChI is InChI=1S/C11H12O2.Na.H/c1-9(12)7-11(13)8-10-5-3-2-4-6-10;;/h2-6H,7-8H2,1H3;;. The van der Waals surface area contributed by atoms with Crippen LogP contribution in [-0.2, 0) is 16.0 Å². The zero-order chi connectivity index (χ0) is 9.68. The molecule has 0 radical (unpaired) electrons. The molecule has 0 heterocycles. The summed E-state index contributed by atoms with van der Waals surface area (Å²) in [5, 5.41) is 0. The van der Waals surface area contributed by atoms with Crippen LogP contribution >= 0.6 is 0 Å². The Morgan fingerprint density at radius 3 is 2.21 bits per heavy atom. The van der Waals surface area contributed by atoms with Crippen LogP contribution in [0, 0.1) is 0 Å². The minimum atomic E-state index is -0.0686. The molecule has 70 valence electrons. The second-order valence-corrected chi connectivity index (χ2v) is 3.08. The topological polar surface area (TPSA) is 34.1 Å². The molecule has 2 nitrogen and oxygen atoms in total. The first-order valence-corrected chi connectivity index (χ1v) is 4.23. The molecule has 0 aliphatic carbocycles. The van der Waals surface area contributed by atoms with Gasteiger partial charge in [0.25, 0.3) is 0 Å². The van der Waals surface area contributed by atoms with Crippen LogP contribution < -0.4 is 0 Å². The zero-order valence-electron chi connectivity index (χ0n) is 7.62. The van der Waals surface area contributed by atoms with Gasteiger partial charge in [-0.05, 0) is 12.5 Å². The van der Waals surface area contributed by atoms with Crippen LogP contribution in [0.15, 0.2) is 30.3 Å². The van der Waals surface area contributed by atoms with Crippen LogP contribution in [0.5, 0.6) is 0 Å². The van der Waals surface area contributed by atoms with Crippen LogP contribution in [0.25, 0.3) is 0 Å². The number of Topliss-reactive ketones (excluding diaryl/α,β-unsaturated/α-hetero) is 2. The summed E-state index contributed by atoms with van der Waals surface area (Å²) in [6, 6.07) is 9.45. The summed E-state index contributed by atoms with van der Waals surface area (Å²) in [4.78, 5) is 21.8. The van der Waals surface area contributed by atoms with Crippen molar-refractivity contribution in [1.29, 1.82) is 0 Å².